The lowest BCUT2D eigenvalue weighted by molar-refractivity contribution is -0.127. The number of nitrogens with one attached hydrogen (secondary N) is 1. The maximum absolute atomic E-state index is 12.1. The van der Waals surface area contributed by atoms with Crippen molar-refractivity contribution < 1.29 is 14.3 Å². The summed E-state index contributed by atoms with van der Waals surface area (Å²) in [5.74, 6) is 1.43. The van der Waals surface area contributed by atoms with Crippen LogP contribution in [0.4, 0.5) is 0 Å². The quantitative estimate of drug-likeness (QED) is 0.835. The van der Waals surface area contributed by atoms with Gasteiger partial charge in [-0.25, -0.2) is 0 Å². The first-order valence-electron chi connectivity index (χ1n) is 7.74. The van der Waals surface area contributed by atoms with Crippen LogP contribution in [0.25, 0.3) is 0 Å². The van der Waals surface area contributed by atoms with E-state index in [1.807, 2.05) is 31.2 Å². The molecule has 1 rings (SSSR count). The molecule has 1 aromatic rings. The lowest BCUT2D eigenvalue weighted by Crippen LogP contribution is -2.37. The molecule has 0 unspecified atom stereocenters. The van der Waals surface area contributed by atoms with Gasteiger partial charge < -0.3 is 14.8 Å². The third kappa shape index (κ3) is 5.17. The first kappa shape index (κ1) is 18.8. The van der Waals surface area contributed by atoms with E-state index >= 15 is 0 Å². The molecule has 0 spiro atoms. The molecule has 1 atom stereocenters. The fourth-order valence-corrected chi connectivity index (χ4v) is 1.84. The predicted molar refractivity (Wildman–Crippen MR) is 89.3 cm³/mol. The molecule has 1 N–H and O–H groups in total. The largest absolute Gasteiger partial charge is 0.493 e. The second kappa shape index (κ2) is 7.87. The molecule has 23 heavy (non-hydrogen) atoms. The van der Waals surface area contributed by atoms with Gasteiger partial charge in [0.1, 0.15) is 5.41 Å². The smallest absolute Gasteiger partial charge is 0.240 e. The van der Waals surface area contributed by atoms with E-state index in [0.29, 0.717) is 24.0 Å². The molecule has 5 heteroatoms. The molecule has 0 aromatic heterocycles. The minimum absolute atomic E-state index is 0.233. The van der Waals surface area contributed by atoms with Gasteiger partial charge in [-0.1, -0.05) is 19.9 Å². The highest BCUT2D eigenvalue weighted by atomic mass is 16.5. The Morgan fingerprint density at radius 3 is 2.48 bits per heavy atom. The Morgan fingerprint density at radius 1 is 1.30 bits per heavy atom. The number of carbonyl (C=O) groups is 1. The van der Waals surface area contributed by atoms with Gasteiger partial charge in [0.25, 0.3) is 0 Å². The van der Waals surface area contributed by atoms with Crippen LogP contribution in [0.15, 0.2) is 18.2 Å². The zero-order valence-electron chi connectivity index (χ0n) is 14.8. The van der Waals surface area contributed by atoms with E-state index in [4.69, 9.17) is 14.7 Å². The first-order chi connectivity index (χ1) is 10.7. The van der Waals surface area contributed by atoms with Gasteiger partial charge >= 0.3 is 0 Å². The number of amides is 1. The van der Waals surface area contributed by atoms with Crippen LogP contribution in [0.3, 0.4) is 0 Å². The van der Waals surface area contributed by atoms with E-state index in [0.717, 1.165) is 5.56 Å². The number of carbonyl (C=O) groups excluding carboxylic acids is 1. The summed E-state index contributed by atoms with van der Waals surface area (Å²) >= 11 is 0. The lowest BCUT2D eigenvalue weighted by atomic mass is 9.94. The first-order valence-corrected chi connectivity index (χ1v) is 7.74. The summed E-state index contributed by atoms with van der Waals surface area (Å²) in [6.45, 7) is 9.83. The van der Waals surface area contributed by atoms with Gasteiger partial charge in [0.2, 0.25) is 5.91 Å². The average Bonchev–Trinajstić information content (AvgIpc) is 2.52. The summed E-state index contributed by atoms with van der Waals surface area (Å²) in [7, 11) is 1.59. The van der Waals surface area contributed by atoms with Crippen LogP contribution in [0, 0.1) is 22.7 Å². The summed E-state index contributed by atoms with van der Waals surface area (Å²) in [4.78, 5) is 12.1. The molecule has 0 aliphatic carbocycles. The molecule has 0 bridgehead atoms. The van der Waals surface area contributed by atoms with Crippen LogP contribution in [0.2, 0.25) is 0 Å². The Labute approximate surface area is 138 Å². The molecular weight excluding hydrogens is 292 g/mol. The average molecular weight is 318 g/mol. The number of rotatable bonds is 7. The van der Waals surface area contributed by atoms with Crippen molar-refractivity contribution in [3.05, 3.63) is 23.8 Å². The third-order valence-corrected chi connectivity index (χ3v) is 3.45. The van der Waals surface area contributed by atoms with Crippen LogP contribution in [-0.2, 0) is 4.79 Å². The number of ether oxygens (including phenoxy) is 2. The standard InChI is InChI=1S/C18H26N2O3/c1-12(2)10-23-15-8-7-14(9-16(15)22-6)13(3)20-17(21)18(4,5)11-19/h7-9,12-13H,10H2,1-6H3,(H,20,21)/t13-/m0/s1. The van der Waals surface area contributed by atoms with Gasteiger partial charge in [-0.05, 0) is 44.4 Å². The molecular formula is C18H26N2O3. The minimum Gasteiger partial charge on any atom is -0.493 e. The molecule has 0 fully saturated rings. The Hall–Kier alpha value is -2.22. The van der Waals surface area contributed by atoms with Crippen molar-refractivity contribution in [2.24, 2.45) is 11.3 Å². The molecule has 1 amide bonds. The van der Waals surface area contributed by atoms with Gasteiger partial charge in [-0.3, -0.25) is 4.79 Å². The molecule has 0 saturated heterocycles. The van der Waals surface area contributed by atoms with Crippen LogP contribution >= 0.6 is 0 Å². The van der Waals surface area contributed by atoms with Crippen LogP contribution in [-0.4, -0.2) is 19.6 Å². The van der Waals surface area contributed by atoms with Crippen molar-refractivity contribution >= 4 is 5.91 Å². The Kier molecular flexibility index (Phi) is 6.44. The molecule has 0 heterocycles. The number of hydrogen-bond acceptors (Lipinski definition) is 4. The van der Waals surface area contributed by atoms with E-state index < -0.39 is 5.41 Å². The van der Waals surface area contributed by atoms with Gasteiger partial charge in [-0.15, -0.1) is 0 Å². The van der Waals surface area contributed by atoms with Crippen LogP contribution in [0.1, 0.15) is 46.2 Å². The topological polar surface area (TPSA) is 71.3 Å². The second-order valence-corrected chi connectivity index (χ2v) is 6.55. The highest BCUT2D eigenvalue weighted by molar-refractivity contribution is 5.84. The molecule has 5 nitrogen and oxygen atoms in total. The van der Waals surface area contributed by atoms with E-state index in [1.54, 1.807) is 21.0 Å². The number of benzene rings is 1. The maximum atomic E-state index is 12.1. The predicted octanol–water partition coefficient (Wildman–Crippen LogP) is 3.46. The minimum atomic E-state index is -1.06. The molecule has 0 aliphatic heterocycles. The van der Waals surface area contributed by atoms with Crippen molar-refractivity contribution in [3.8, 4) is 17.6 Å². The fourth-order valence-electron chi connectivity index (χ4n) is 1.84. The monoisotopic (exact) mass is 318 g/mol. The number of hydrogen-bond donors (Lipinski definition) is 1. The maximum Gasteiger partial charge on any atom is 0.240 e. The molecule has 0 saturated carbocycles. The van der Waals surface area contributed by atoms with Gasteiger partial charge in [0.05, 0.1) is 25.8 Å². The Balaban J connectivity index is 2.88. The number of methoxy groups -OCH3 is 1. The van der Waals surface area contributed by atoms with E-state index in [2.05, 4.69) is 19.2 Å². The Morgan fingerprint density at radius 2 is 1.96 bits per heavy atom. The normalized spacial score (nSPS) is 12.4. The van der Waals surface area contributed by atoms with Gasteiger partial charge in [0, 0.05) is 0 Å². The summed E-state index contributed by atoms with van der Waals surface area (Å²) in [6.07, 6.45) is 0. The fraction of sp³-hybridized carbons (Fsp3) is 0.556. The molecule has 126 valence electrons. The SMILES string of the molecule is COc1cc([C@H](C)NC(=O)C(C)(C)C#N)ccc1OCC(C)C. The number of nitrogens with zero attached hydrogens (tertiary/aromatic N) is 1. The summed E-state index contributed by atoms with van der Waals surface area (Å²) in [5, 5.41) is 11.9. The Bertz CT molecular complexity index is 588. The van der Waals surface area contributed by atoms with Crippen molar-refractivity contribution in [2.75, 3.05) is 13.7 Å². The van der Waals surface area contributed by atoms with Gasteiger partial charge in [-0.2, -0.15) is 5.26 Å². The zero-order chi connectivity index (χ0) is 17.6. The molecule has 0 aliphatic rings. The molecule has 1 aromatic carbocycles. The van der Waals surface area contributed by atoms with E-state index in [1.165, 1.54) is 0 Å². The summed E-state index contributed by atoms with van der Waals surface area (Å²) in [5.41, 5.74) is -0.167. The zero-order valence-corrected chi connectivity index (χ0v) is 14.8. The summed E-state index contributed by atoms with van der Waals surface area (Å²) < 4.78 is 11.1. The van der Waals surface area contributed by atoms with Crippen molar-refractivity contribution in [1.29, 1.82) is 5.26 Å². The van der Waals surface area contributed by atoms with Crippen LogP contribution in [0.5, 0.6) is 11.5 Å². The third-order valence-electron chi connectivity index (χ3n) is 3.45. The van der Waals surface area contributed by atoms with Crippen molar-refractivity contribution in [2.45, 2.75) is 40.7 Å². The van der Waals surface area contributed by atoms with E-state index in [9.17, 15) is 4.79 Å². The van der Waals surface area contributed by atoms with E-state index in [-0.39, 0.29) is 11.9 Å². The number of nitriles is 1. The second-order valence-electron chi connectivity index (χ2n) is 6.55. The van der Waals surface area contributed by atoms with Gasteiger partial charge in [0.15, 0.2) is 11.5 Å². The van der Waals surface area contributed by atoms with Crippen molar-refractivity contribution in [3.63, 3.8) is 0 Å². The molecule has 0 radical (unpaired) electrons. The van der Waals surface area contributed by atoms with Crippen molar-refractivity contribution in [1.82, 2.24) is 5.32 Å². The highest BCUT2D eigenvalue weighted by Crippen LogP contribution is 2.31. The lowest BCUT2D eigenvalue weighted by Gasteiger charge is -2.21. The summed E-state index contributed by atoms with van der Waals surface area (Å²) in [6, 6.07) is 7.35. The highest BCUT2D eigenvalue weighted by Gasteiger charge is 2.28. The van der Waals surface area contributed by atoms with Crippen LogP contribution < -0.4 is 14.8 Å².